The van der Waals surface area contributed by atoms with Gasteiger partial charge in [0.05, 0.1) is 11.3 Å². The summed E-state index contributed by atoms with van der Waals surface area (Å²) < 4.78 is 0. The van der Waals surface area contributed by atoms with Gasteiger partial charge in [-0.05, 0) is 23.9 Å². The van der Waals surface area contributed by atoms with Crippen LogP contribution < -0.4 is 0 Å². The summed E-state index contributed by atoms with van der Waals surface area (Å²) in [4.78, 5) is 19.5. The zero-order chi connectivity index (χ0) is 9.97. The highest BCUT2D eigenvalue weighted by atomic mass is 32.1. The number of carbonyl (C=O) groups excluding carboxylic acids is 1. The Balaban J connectivity index is 2.14. The van der Waals surface area contributed by atoms with Crippen LogP contribution in [0.1, 0.15) is 21.1 Å². The zero-order valence-electron chi connectivity index (χ0n) is 7.78. The first kappa shape index (κ1) is 9.15. The summed E-state index contributed by atoms with van der Waals surface area (Å²) in [6.45, 7) is 1.95. The van der Waals surface area contributed by atoms with Gasteiger partial charge in [0.25, 0.3) is 0 Å². The normalized spacial score (nSPS) is 10.4. The molecule has 0 saturated heterocycles. The zero-order valence-corrected chi connectivity index (χ0v) is 8.60. The molecule has 2 aromatic rings. The molecule has 0 fully saturated rings. The Morgan fingerprint density at radius 2 is 2.50 bits per heavy atom. The van der Waals surface area contributed by atoms with Crippen molar-refractivity contribution in [3.63, 3.8) is 0 Å². The van der Waals surface area contributed by atoms with E-state index in [4.69, 9.17) is 0 Å². The number of H-pyrrole nitrogens is 1. The number of nitrogens with zero attached hydrogens (tertiary/aromatic N) is 1. The smallest absolute Gasteiger partial charge is 0.180 e. The highest BCUT2D eigenvalue weighted by Gasteiger charge is 2.11. The number of thiophene rings is 1. The van der Waals surface area contributed by atoms with Crippen LogP contribution in [0, 0.1) is 6.92 Å². The van der Waals surface area contributed by atoms with E-state index in [2.05, 4.69) is 9.97 Å². The first-order chi connectivity index (χ1) is 6.77. The van der Waals surface area contributed by atoms with Gasteiger partial charge in [-0.2, -0.15) is 0 Å². The summed E-state index contributed by atoms with van der Waals surface area (Å²) in [5, 5.41) is 1.94. The number of hydrogen-bond acceptors (Lipinski definition) is 3. The van der Waals surface area contributed by atoms with Crippen molar-refractivity contribution in [2.24, 2.45) is 0 Å². The SMILES string of the molecule is Cc1ccsc1C(=O)Cc1ncc[nH]1. The van der Waals surface area contributed by atoms with Gasteiger partial charge in [-0.25, -0.2) is 4.98 Å². The molecule has 2 aromatic heterocycles. The Bertz CT molecular complexity index is 431. The number of nitrogens with one attached hydrogen (secondary N) is 1. The molecular weight excluding hydrogens is 196 g/mol. The highest BCUT2D eigenvalue weighted by molar-refractivity contribution is 7.12. The van der Waals surface area contributed by atoms with E-state index in [1.165, 1.54) is 11.3 Å². The molecular formula is C10H10N2OS. The van der Waals surface area contributed by atoms with Gasteiger partial charge in [-0.15, -0.1) is 11.3 Å². The van der Waals surface area contributed by atoms with Crippen molar-refractivity contribution >= 4 is 17.1 Å². The highest BCUT2D eigenvalue weighted by Crippen LogP contribution is 2.17. The third-order valence-electron chi connectivity index (χ3n) is 2.00. The summed E-state index contributed by atoms with van der Waals surface area (Å²) in [6, 6.07) is 1.96. The number of rotatable bonds is 3. The third-order valence-corrected chi connectivity index (χ3v) is 3.06. The molecule has 0 atom stereocenters. The van der Waals surface area contributed by atoms with Crippen molar-refractivity contribution in [2.75, 3.05) is 0 Å². The predicted octanol–water partition coefficient (Wildman–Crippen LogP) is 2.21. The maximum Gasteiger partial charge on any atom is 0.180 e. The van der Waals surface area contributed by atoms with E-state index in [-0.39, 0.29) is 5.78 Å². The average molecular weight is 206 g/mol. The van der Waals surface area contributed by atoms with Crippen molar-refractivity contribution in [3.8, 4) is 0 Å². The van der Waals surface area contributed by atoms with Gasteiger partial charge < -0.3 is 4.98 Å². The second-order valence-corrected chi connectivity index (χ2v) is 3.98. The molecule has 4 heteroatoms. The fraction of sp³-hybridized carbons (Fsp3) is 0.200. The van der Waals surface area contributed by atoms with E-state index in [9.17, 15) is 4.79 Å². The van der Waals surface area contributed by atoms with Crippen LogP contribution in [-0.2, 0) is 6.42 Å². The number of ketones is 1. The van der Waals surface area contributed by atoms with Crippen LogP contribution in [0.15, 0.2) is 23.8 Å². The molecule has 3 nitrogen and oxygen atoms in total. The van der Waals surface area contributed by atoms with Gasteiger partial charge in [0.1, 0.15) is 5.82 Å². The molecule has 0 aliphatic rings. The number of aryl methyl sites for hydroxylation is 1. The van der Waals surface area contributed by atoms with Crippen LogP contribution >= 0.6 is 11.3 Å². The van der Waals surface area contributed by atoms with Crippen LogP contribution in [0.4, 0.5) is 0 Å². The van der Waals surface area contributed by atoms with Crippen molar-refractivity contribution in [2.45, 2.75) is 13.3 Å². The van der Waals surface area contributed by atoms with Crippen LogP contribution in [-0.4, -0.2) is 15.8 Å². The summed E-state index contributed by atoms with van der Waals surface area (Å²) in [5.74, 6) is 0.857. The molecule has 0 aliphatic carbocycles. The second-order valence-electron chi connectivity index (χ2n) is 3.07. The molecule has 2 rings (SSSR count). The van der Waals surface area contributed by atoms with Crippen LogP contribution in [0.3, 0.4) is 0 Å². The van der Waals surface area contributed by atoms with Crippen LogP contribution in [0.2, 0.25) is 0 Å². The number of aromatic nitrogens is 2. The fourth-order valence-corrected chi connectivity index (χ4v) is 2.15. The van der Waals surface area contributed by atoms with E-state index in [1.54, 1.807) is 12.4 Å². The summed E-state index contributed by atoms with van der Waals surface area (Å²) >= 11 is 1.49. The lowest BCUT2D eigenvalue weighted by Crippen LogP contribution is -2.04. The molecule has 72 valence electrons. The van der Waals surface area contributed by atoms with Crippen LogP contribution in [0.25, 0.3) is 0 Å². The van der Waals surface area contributed by atoms with Crippen LogP contribution in [0.5, 0.6) is 0 Å². The van der Waals surface area contributed by atoms with E-state index in [1.807, 2.05) is 18.4 Å². The summed E-state index contributed by atoms with van der Waals surface area (Å²) in [5.41, 5.74) is 1.05. The molecule has 0 aromatic carbocycles. The minimum Gasteiger partial charge on any atom is -0.348 e. The minimum atomic E-state index is 0.132. The monoisotopic (exact) mass is 206 g/mol. The number of imidazole rings is 1. The lowest BCUT2D eigenvalue weighted by molar-refractivity contribution is 0.0994. The molecule has 0 bridgehead atoms. The maximum absolute atomic E-state index is 11.7. The Morgan fingerprint density at radius 1 is 1.64 bits per heavy atom. The molecule has 14 heavy (non-hydrogen) atoms. The molecule has 0 spiro atoms. The first-order valence-electron chi connectivity index (χ1n) is 4.33. The largest absolute Gasteiger partial charge is 0.348 e. The van der Waals surface area contributed by atoms with Crippen molar-refractivity contribution < 1.29 is 4.79 Å². The molecule has 2 heterocycles. The molecule has 0 amide bonds. The molecule has 0 unspecified atom stereocenters. The standard InChI is InChI=1S/C10H10N2OS/c1-7-2-5-14-10(7)8(13)6-9-11-3-4-12-9/h2-5H,6H2,1H3,(H,11,12). The minimum absolute atomic E-state index is 0.132. The van der Waals surface area contributed by atoms with E-state index in [0.717, 1.165) is 16.3 Å². The quantitative estimate of drug-likeness (QED) is 0.782. The molecule has 0 saturated carbocycles. The Labute approximate surface area is 85.8 Å². The lowest BCUT2D eigenvalue weighted by Gasteiger charge is -1.96. The van der Waals surface area contributed by atoms with Gasteiger partial charge >= 0.3 is 0 Å². The van der Waals surface area contributed by atoms with Crippen molar-refractivity contribution in [1.29, 1.82) is 0 Å². The Kier molecular flexibility index (Phi) is 2.45. The molecule has 1 N–H and O–H groups in total. The molecule has 0 aliphatic heterocycles. The second kappa shape index (κ2) is 3.75. The van der Waals surface area contributed by atoms with Crippen molar-refractivity contribution in [3.05, 3.63) is 40.1 Å². The lowest BCUT2D eigenvalue weighted by atomic mass is 10.2. The third kappa shape index (κ3) is 1.75. The Hall–Kier alpha value is -1.42. The maximum atomic E-state index is 11.7. The van der Waals surface area contributed by atoms with Gasteiger partial charge in [-0.1, -0.05) is 0 Å². The Morgan fingerprint density at radius 3 is 3.07 bits per heavy atom. The van der Waals surface area contributed by atoms with E-state index >= 15 is 0 Å². The predicted molar refractivity (Wildman–Crippen MR) is 55.7 cm³/mol. The topological polar surface area (TPSA) is 45.8 Å². The number of hydrogen-bond donors (Lipinski definition) is 1. The van der Waals surface area contributed by atoms with Crippen molar-refractivity contribution in [1.82, 2.24) is 9.97 Å². The van der Waals surface area contributed by atoms with Gasteiger partial charge in [0.2, 0.25) is 0 Å². The molecule has 0 radical (unpaired) electrons. The van der Waals surface area contributed by atoms with Gasteiger partial charge in [0.15, 0.2) is 5.78 Å². The number of carbonyl (C=O) groups is 1. The summed E-state index contributed by atoms with van der Waals surface area (Å²) in [6.07, 6.45) is 3.74. The summed E-state index contributed by atoms with van der Waals surface area (Å²) in [7, 11) is 0. The fourth-order valence-electron chi connectivity index (χ4n) is 1.29. The van der Waals surface area contributed by atoms with Gasteiger partial charge in [-0.3, -0.25) is 4.79 Å². The average Bonchev–Trinajstić information content (AvgIpc) is 2.75. The first-order valence-corrected chi connectivity index (χ1v) is 5.21. The van der Waals surface area contributed by atoms with Gasteiger partial charge in [0, 0.05) is 12.4 Å². The van der Waals surface area contributed by atoms with E-state index in [0.29, 0.717) is 6.42 Å². The number of aromatic amines is 1. The van der Waals surface area contributed by atoms with E-state index < -0.39 is 0 Å². The number of Topliss-reactive ketones (excluding diaryl/α,β-unsaturated/α-hetero) is 1.